The van der Waals surface area contributed by atoms with Crippen molar-refractivity contribution in [2.75, 3.05) is 0 Å². The van der Waals surface area contributed by atoms with E-state index in [1.165, 1.54) is 18.6 Å². The third kappa shape index (κ3) is 7.65. The fourth-order valence-corrected chi connectivity index (χ4v) is 3.35. The summed E-state index contributed by atoms with van der Waals surface area (Å²) in [6, 6.07) is 8.26. The maximum Gasteiger partial charge on any atom is 0.610 e. The van der Waals surface area contributed by atoms with Crippen LogP contribution in [-0.2, 0) is 24.9 Å². The highest BCUT2D eigenvalue weighted by Crippen LogP contribution is 2.15. The normalized spacial score (nSPS) is 15.8. The standard InChI is InChI=1S/C19H25B3N4O7/c1-13(2)10-17(20-31-21(29)33-22(30)32-20)26-18(27)15(11-14-6-4-3-5-7-14)25-19(28)16-12-23-8-9-24-16/h3-9,12-13,15,17,29-30H,10-11H2,1-2H3,(H,25,28)(H,26,27). The van der Waals surface area contributed by atoms with Gasteiger partial charge in [0, 0.05) is 18.8 Å². The highest BCUT2D eigenvalue weighted by molar-refractivity contribution is 6.69. The first-order valence-corrected chi connectivity index (χ1v) is 10.6. The molecule has 33 heavy (non-hydrogen) atoms. The van der Waals surface area contributed by atoms with Gasteiger partial charge in [-0.15, -0.1) is 0 Å². The van der Waals surface area contributed by atoms with Crippen LogP contribution in [0.1, 0.15) is 36.3 Å². The lowest BCUT2D eigenvalue weighted by atomic mass is 9.69. The van der Waals surface area contributed by atoms with Crippen molar-refractivity contribution < 1.29 is 33.4 Å². The smallest absolute Gasteiger partial charge is 0.425 e. The van der Waals surface area contributed by atoms with Crippen LogP contribution < -0.4 is 10.6 Å². The Balaban J connectivity index is 1.78. The van der Waals surface area contributed by atoms with E-state index in [-0.39, 0.29) is 18.0 Å². The molecule has 2 atom stereocenters. The zero-order valence-corrected chi connectivity index (χ0v) is 18.3. The number of amides is 2. The Morgan fingerprint density at radius 3 is 2.33 bits per heavy atom. The summed E-state index contributed by atoms with van der Waals surface area (Å²) in [6.07, 6.45) is 4.76. The Morgan fingerprint density at radius 1 is 1.03 bits per heavy atom. The zero-order chi connectivity index (χ0) is 23.8. The molecule has 1 aromatic carbocycles. The van der Waals surface area contributed by atoms with Crippen LogP contribution in [0.4, 0.5) is 0 Å². The molecule has 0 spiro atoms. The second-order valence-corrected chi connectivity index (χ2v) is 7.94. The Labute approximate surface area is 192 Å². The molecule has 1 aromatic heterocycles. The van der Waals surface area contributed by atoms with Gasteiger partial charge < -0.3 is 34.4 Å². The maximum absolute atomic E-state index is 13.3. The van der Waals surface area contributed by atoms with Crippen LogP contribution in [0.2, 0.25) is 0 Å². The van der Waals surface area contributed by atoms with E-state index >= 15 is 0 Å². The van der Waals surface area contributed by atoms with E-state index in [4.69, 9.17) is 9.14 Å². The topological polar surface area (TPSA) is 152 Å². The summed E-state index contributed by atoms with van der Waals surface area (Å²) < 4.78 is 15.0. The summed E-state index contributed by atoms with van der Waals surface area (Å²) in [5.41, 5.74) is 0.909. The molecule has 1 aliphatic rings. The van der Waals surface area contributed by atoms with Crippen LogP contribution >= 0.6 is 0 Å². The largest absolute Gasteiger partial charge is 0.610 e. The number of nitrogens with one attached hydrogen (secondary N) is 2. The molecule has 0 aliphatic carbocycles. The lowest BCUT2D eigenvalue weighted by molar-refractivity contribution is -0.123. The van der Waals surface area contributed by atoms with Crippen molar-refractivity contribution in [2.45, 2.75) is 38.7 Å². The summed E-state index contributed by atoms with van der Waals surface area (Å²) in [5, 5.41) is 24.8. The molecular formula is C19H25B3N4O7. The van der Waals surface area contributed by atoms with Gasteiger partial charge in [0.2, 0.25) is 5.91 Å². The van der Waals surface area contributed by atoms with Gasteiger partial charge in [-0.05, 0) is 17.9 Å². The fraction of sp³-hybridized carbons (Fsp3) is 0.368. The van der Waals surface area contributed by atoms with Crippen LogP contribution in [0.15, 0.2) is 48.9 Å². The first kappa shape index (κ1) is 24.9. The molecule has 172 valence electrons. The predicted molar refractivity (Wildman–Crippen MR) is 120 cm³/mol. The molecule has 0 bridgehead atoms. The first-order valence-electron chi connectivity index (χ1n) is 10.6. The Bertz CT molecular complexity index is 903. The molecule has 2 heterocycles. The maximum atomic E-state index is 13.3. The third-order valence-electron chi connectivity index (χ3n) is 4.82. The zero-order valence-electron chi connectivity index (χ0n) is 18.3. The number of hydrogen-bond acceptors (Lipinski definition) is 9. The highest BCUT2D eigenvalue weighted by Gasteiger charge is 2.46. The van der Waals surface area contributed by atoms with Gasteiger partial charge in [0.25, 0.3) is 5.91 Å². The molecule has 1 fully saturated rings. The van der Waals surface area contributed by atoms with Gasteiger partial charge in [0.1, 0.15) is 11.7 Å². The molecule has 0 saturated carbocycles. The molecule has 3 rings (SSSR count). The van der Waals surface area contributed by atoms with E-state index in [0.29, 0.717) is 6.42 Å². The van der Waals surface area contributed by atoms with E-state index in [0.717, 1.165) is 5.56 Å². The lowest BCUT2D eigenvalue weighted by Gasteiger charge is -2.32. The van der Waals surface area contributed by atoms with Crippen molar-refractivity contribution in [3.63, 3.8) is 0 Å². The molecule has 1 aliphatic heterocycles. The number of nitrogens with zero attached hydrogens (tertiary/aromatic N) is 2. The quantitative estimate of drug-likeness (QED) is 0.364. The third-order valence-corrected chi connectivity index (χ3v) is 4.82. The van der Waals surface area contributed by atoms with E-state index < -0.39 is 45.6 Å². The van der Waals surface area contributed by atoms with E-state index in [1.807, 2.05) is 44.2 Å². The summed E-state index contributed by atoms with van der Waals surface area (Å²) in [7, 11) is -4.58. The Morgan fingerprint density at radius 2 is 1.73 bits per heavy atom. The molecule has 11 nitrogen and oxygen atoms in total. The predicted octanol–water partition coefficient (Wildman–Crippen LogP) is -0.606. The average Bonchev–Trinajstić information content (AvgIpc) is 2.78. The van der Waals surface area contributed by atoms with Crippen molar-refractivity contribution in [3.05, 3.63) is 60.2 Å². The van der Waals surface area contributed by atoms with Crippen LogP contribution in [0.5, 0.6) is 0 Å². The molecule has 14 heteroatoms. The lowest BCUT2D eigenvalue weighted by Crippen LogP contribution is -2.61. The number of carbonyl (C=O) groups is 2. The summed E-state index contributed by atoms with van der Waals surface area (Å²) >= 11 is 0. The number of carbonyl (C=O) groups excluding carboxylic acids is 2. The number of benzene rings is 1. The molecule has 4 N–H and O–H groups in total. The fourth-order valence-electron chi connectivity index (χ4n) is 3.35. The van der Waals surface area contributed by atoms with E-state index in [2.05, 4.69) is 25.2 Å². The van der Waals surface area contributed by atoms with E-state index in [1.54, 1.807) is 0 Å². The first-order chi connectivity index (χ1) is 15.8. The molecule has 0 radical (unpaired) electrons. The van der Waals surface area contributed by atoms with Crippen molar-refractivity contribution in [1.29, 1.82) is 0 Å². The number of aromatic nitrogens is 2. The van der Waals surface area contributed by atoms with Crippen molar-refractivity contribution in [2.24, 2.45) is 5.92 Å². The SMILES string of the molecule is CC(C)CC(NC(=O)C(Cc1ccccc1)NC(=O)c1cnccn1)B1OB(O)OB(O)O1. The van der Waals surface area contributed by atoms with Crippen molar-refractivity contribution >= 4 is 33.6 Å². The van der Waals surface area contributed by atoms with Crippen LogP contribution in [-0.4, -0.2) is 65.6 Å². The number of hydrogen-bond donors (Lipinski definition) is 4. The van der Waals surface area contributed by atoms with Gasteiger partial charge in [-0.25, -0.2) is 4.98 Å². The average molecular weight is 454 g/mol. The second-order valence-electron chi connectivity index (χ2n) is 7.94. The minimum absolute atomic E-state index is 0.0735. The summed E-state index contributed by atoms with van der Waals surface area (Å²) in [4.78, 5) is 33.8. The summed E-state index contributed by atoms with van der Waals surface area (Å²) in [6.45, 7) is 3.87. The van der Waals surface area contributed by atoms with Gasteiger partial charge in [-0.2, -0.15) is 0 Å². The van der Waals surface area contributed by atoms with Crippen LogP contribution in [0.3, 0.4) is 0 Å². The van der Waals surface area contributed by atoms with Gasteiger partial charge in [-0.1, -0.05) is 44.2 Å². The van der Waals surface area contributed by atoms with Crippen LogP contribution in [0.25, 0.3) is 0 Å². The number of rotatable bonds is 9. The van der Waals surface area contributed by atoms with Crippen molar-refractivity contribution in [3.8, 4) is 0 Å². The van der Waals surface area contributed by atoms with Gasteiger partial charge >= 0.3 is 21.8 Å². The molecule has 2 aromatic rings. The van der Waals surface area contributed by atoms with Gasteiger partial charge in [0.05, 0.1) is 12.1 Å². The Hall–Kier alpha value is -2.77. The van der Waals surface area contributed by atoms with Crippen molar-refractivity contribution in [1.82, 2.24) is 20.6 Å². The van der Waals surface area contributed by atoms with Crippen LogP contribution in [0, 0.1) is 5.92 Å². The molecular weight excluding hydrogens is 429 g/mol. The van der Waals surface area contributed by atoms with Gasteiger partial charge in [0.15, 0.2) is 0 Å². The van der Waals surface area contributed by atoms with Gasteiger partial charge in [-0.3, -0.25) is 14.6 Å². The molecule has 1 saturated heterocycles. The minimum Gasteiger partial charge on any atom is -0.425 e. The minimum atomic E-state index is -1.71. The highest BCUT2D eigenvalue weighted by atomic mass is 16.8. The summed E-state index contributed by atoms with van der Waals surface area (Å²) in [5.74, 6) is -1.67. The Kier molecular flexibility index (Phi) is 8.98. The molecule has 2 unspecified atom stereocenters. The monoisotopic (exact) mass is 454 g/mol. The van der Waals surface area contributed by atoms with E-state index in [9.17, 15) is 19.6 Å². The molecule has 2 amide bonds. The second kappa shape index (κ2) is 11.9.